The van der Waals surface area contributed by atoms with Crippen molar-refractivity contribution in [1.82, 2.24) is 0 Å². The Balaban J connectivity index is 1.60. The van der Waals surface area contributed by atoms with Crippen LogP contribution in [0.2, 0.25) is 0 Å². The van der Waals surface area contributed by atoms with Crippen LogP contribution < -0.4 is 14.4 Å². The molecule has 7 nitrogen and oxygen atoms in total. The number of aliphatic imine (C=N–C) groups is 1. The monoisotopic (exact) mass is 394 g/mol. The zero-order valence-electron chi connectivity index (χ0n) is 16.4. The molecule has 0 aromatic heterocycles. The molecule has 0 bridgehead atoms. The number of rotatable bonds is 6. The largest absolute Gasteiger partial charge is 0.493 e. The van der Waals surface area contributed by atoms with Gasteiger partial charge in [0.15, 0.2) is 11.5 Å². The number of carbonyl (C=O) groups excluding carboxylic acids is 2. The maximum absolute atomic E-state index is 13.3. The molecule has 4 rings (SSSR count). The second-order valence-corrected chi connectivity index (χ2v) is 6.90. The Kier molecular flexibility index (Phi) is 5.20. The Labute approximate surface area is 168 Å². The van der Waals surface area contributed by atoms with Crippen molar-refractivity contribution < 1.29 is 23.8 Å². The van der Waals surface area contributed by atoms with E-state index in [0.29, 0.717) is 35.8 Å². The Bertz CT molecular complexity index is 985. The van der Waals surface area contributed by atoms with Crippen molar-refractivity contribution in [2.45, 2.75) is 25.3 Å². The van der Waals surface area contributed by atoms with Crippen molar-refractivity contribution in [1.29, 1.82) is 0 Å². The van der Waals surface area contributed by atoms with Crippen LogP contribution >= 0.6 is 0 Å². The van der Waals surface area contributed by atoms with E-state index in [9.17, 15) is 9.59 Å². The maximum atomic E-state index is 13.3. The lowest BCUT2D eigenvalue weighted by Crippen LogP contribution is -2.37. The number of ether oxygens (including phenoxy) is 3. The van der Waals surface area contributed by atoms with Gasteiger partial charge >= 0.3 is 5.97 Å². The normalized spacial score (nSPS) is 16.6. The first-order chi connectivity index (χ1) is 14.1. The molecule has 29 heavy (non-hydrogen) atoms. The van der Waals surface area contributed by atoms with E-state index in [1.807, 2.05) is 30.5 Å². The van der Waals surface area contributed by atoms with Gasteiger partial charge in [0, 0.05) is 30.8 Å². The summed E-state index contributed by atoms with van der Waals surface area (Å²) in [7, 11) is 2.89. The molecule has 2 heterocycles. The number of hydrogen-bond acceptors (Lipinski definition) is 6. The van der Waals surface area contributed by atoms with Crippen LogP contribution in [-0.4, -0.2) is 45.0 Å². The van der Waals surface area contributed by atoms with E-state index in [1.54, 1.807) is 17.0 Å². The van der Waals surface area contributed by atoms with Crippen LogP contribution in [0, 0.1) is 0 Å². The van der Waals surface area contributed by atoms with Gasteiger partial charge in [-0.2, -0.15) is 0 Å². The minimum Gasteiger partial charge on any atom is -0.493 e. The maximum Gasteiger partial charge on any atom is 0.305 e. The average Bonchev–Trinajstić information content (AvgIpc) is 3.06. The molecule has 2 aromatic carbocycles. The second-order valence-electron chi connectivity index (χ2n) is 6.90. The molecule has 1 atom stereocenters. The smallest absolute Gasteiger partial charge is 0.305 e. The molecule has 1 amide bonds. The lowest BCUT2D eigenvalue weighted by atomic mass is 10.1. The zero-order valence-corrected chi connectivity index (χ0v) is 16.4. The summed E-state index contributed by atoms with van der Waals surface area (Å²) in [6.07, 6.45) is 3.35. The van der Waals surface area contributed by atoms with Crippen LogP contribution in [0.4, 0.5) is 11.4 Å². The summed E-state index contributed by atoms with van der Waals surface area (Å²) in [5.74, 6) is 0.557. The highest BCUT2D eigenvalue weighted by molar-refractivity contribution is 6.14. The first-order valence-electron chi connectivity index (χ1n) is 9.49. The lowest BCUT2D eigenvalue weighted by Gasteiger charge is -2.22. The van der Waals surface area contributed by atoms with E-state index in [-0.39, 0.29) is 24.3 Å². The fourth-order valence-corrected chi connectivity index (χ4v) is 3.69. The first kappa shape index (κ1) is 19.0. The van der Waals surface area contributed by atoms with E-state index < -0.39 is 0 Å². The van der Waals surface area contributed by atoms with Gasteiger partial charge in [0.2, 0.25) is 0 Å². The lowest BCUT2D eigenvalue weighted by molar-refractivity contribution is -0.140. The first-order valence-corrected chi connectivity index (χ1v) is 9.49. The van der Waals surface area contributed by atoms with Crippen molar-refractivity contribution in [3.05, 3.63) is 47.5 Å². The molecule has 0 fully saturated rings. The van der Waals surface area contributed by atoms with Gasteiger partial charge in [0.1, 0.15) is 0 Å². The number of benzene rings is 2. The predicted octanol–water partition coefficient (Wildman–Crippen LogP) is 3.31. The number of amides is 1. The SMILES string of the molecule is COC(=O)CCCOc1cc2c(cc1OC)C(=O)N1c3ccccc3C[C@H]1C=N2. The van der Waals surface area contributed by atoms with Gasteiger partial charge in [-0.15, -0.1) is 0 Å². The van der Waals surface area contributed by atoms with E-state index in [1.165, 1.54) is 14.2 Å². The molecule has 7 heteroatoms. The number of hydrogen-bond donors (Lipinski definition) is 0. The molecule has 150 valence electrons. The van der Waals surface area contributed by atoms with E-state index in [4.69, 9.17) is 9.47 Å². The van der Waals surface area contributed by atoms with Crippen LogP contribution in [0.15, 0.2) is 41.4 Å². The predicted molar refractivity (Wildman–Crippen MR) is 109 cm³/mol. The van der Waals surface area contributed by atoms with E-state index >= 15 is 0 Å². The number of esters is 1. The number of methoxy groups -OCH3 is 2. The molecule has 0 saturated heterocycles. The highest BCUT2D eigenvalue weighted by atomic mass is 16.5. The van der Waals surface area contributed by atoms with Gasteiger partial charge in [-0.05, 0) is 24.1 Å². The number of nitrogens with zero attached hydrogens (tertiary/aromatic N) is 2. The Morgan fingerprint density at radius 3 is 2.83 bits per heavy atom. The van der Waals surface area contributed by atoms with Crippen LogP contribution in [0.1, 0.15) is 28.8 Å². The molecular formula is C22H22N2O5. The van der Waals surface area contributed by atoms with Crippen LogP contribution in [-0.2, 0) is 16.0 Å². The fraction of sp³-hybridized carbons (Fsp3) is 0.318. The van der Waals surface area contributed by atoms with Gasteiger partial charge < -0.3 is 14.2 Å². The van der Waals surface area contributed by atoms with E-state index in [0.717, 1.165) is 17.7 Å². The summed E-state index contributed by atoms with van der Waals surface area (Å²) < 4.78 is 15.9. The van der Waals surface area contributed by atoms with Gasteiger partial charge in [-0.1, -0.05) is 18.2 Å². The van der Waals surface area contributed by atoms with Crippen molar-refractivity contribution in [3.63, 3.8) is 0 Å². The summed E-state index contributed by atoms with van der Waals surface area (Å²) in [4.78, 5) is 30.9. The molecule has 0 radical (unpaired) electrons. The molecular weight excluding hydrogens is 372 g/mol. The molecule has 2 aliphatic rings. The third-order valence-corrected chi connectivity index (χ3v) is 5.14. The summed E-state index contributed by atoms with van der Waals surface area (Å²) in [5.41, 5.74) is 3.08. The van der Waals surface area contributed by atoms with Gasteiger partial charge in [0.25, 0.3) is 5.91 Å². The van der Waals surface area contributed by atoms with Crippen LogP contribution in [0.5, 0.6) is 11.5 Å². The van der Waals surface area contributed by atoms with Crippen molar-refractivity contribution in [3.8, 4) is 11.5 Å². The van der Waals surface area contributed by atoms with Crippen molar-refractivity contribution >= 4 is 29.5 Å². The Morgan fingerprint density at radius 2 is 2.03 bits per heavy atom. The van der Waals surface area contributed by atoms with Crippen LogP contribution in [0.25, 0.3) is 0 Å². The molecule has 0 aliphatic carbocycles. The molecule has 0 N–H and O–H groups in total. The number of fused-ring (bicyclic) bond motifs is 4. The fourth-order valence-electron chi connectivity index (χ4n) is 3.69. The molecule has 2 aromatic rings. The van der Waals surface area contributed by atoms with E-state index in [2.05, 4.69) is 9.73 Å². The number of para-hydroxylation sites is 1. The molecule has 0 unspecified atom stereocenters. The Morgan fingerprint density at radius 1 is 1.21 bits per heavy atom. The summed E-state index contributed by atoms with van der Waals surface area (Å²) in [6, 6.07) is 11.2. The highest BCUT2D eigenvalue weighted by Gasteiger charge is 2.36. The molecule has 0 spiro atoms. The Hall–Kier alpha value is -3.35. The van der Waals surface area contributed by atoms with Crippen molar-refractivity contribution in [2.24, 2.45) is 4.99 Å². The zero-order chi connectivity index (χ0) is 20.4. The number of anilines is 1. The van der Waals surface area contributed by atoms with Gasteiger partial charge in [-0.25, -0.2) is 0 Å². The minimum absolute atomic E-state index is 0.108. The second kappa shape index (κ2) is 7.95. The van der Waals surface area contributed by atoms with Crippen molar-refractivity contribution in [2.75, 3.05) is 25.7 Å². The summed E-state index contributed by atoms with van der Waals surface area (Å²) in [6.45, 7) is 0.323. The average molecular weight is 394 g/mol. The van der Waals surface area contributed by atoms with Gasteiger partial charge in [0.05, 0.1) is 38.1 Å². The third kappa shape index (κ3) is 3.55. The molecule has 2 aliphatic heterocycles. The van der Waals surface area contributed by atoms with Crippen LogP contribution in [0.3, 0.4) is 0 Å². The summed E-state index contributed by atoms with van der Waals surface area (Å²) in [5, 5.41) is 0. The molecule has 0 saturated carbocycles. The number of carbonyl (C=O) groups is 2. The topological polar surface area (TPSA) is 77.4 Å². The summed E-state index contributed by atoms with van der Waals surface area (Å²) >= 11 is 0. The van der Waals surface area contributed by atoms with Gasteiger partial charge in [-0.3, -0.25) is 19.5 Å². The quantitative estimate of drug-likeness (QED) is 0.555. The third-order valence-electron chi connectivity index (χ3n) is 5.14. The standard InChI is InChI=1S/C22H22N2O5/c1-27-19-11-16-17(12-20(19)29-9-5-8-21(25)28-2)23-13-15-10-14-6-3-4-7-18(14)24(15)22(16)26/h3-4,6-7,11-13,15H,5,8-10H2,1-2H3/t15-/m0/s1. The highest BCUT2D eigenvalue weighted by Crippen LogP contribution is 2.40. The minimum atomic E-state index is -0.279.